The van der Waals surface area contributed by atoms with Crippen LogP contribution in [-0.4, -0.2) is 17.2 Å². The summed E-state index contributed by atoms with van der Waals surface area (Å²) in [5.41, 5.74) is 0.291. The highest BCUT2D eigenvalue weighted by molar-refractivity contribution is 14.1. The zero-order valence-corrected chi connectivity index (χ0v) is 12.4. The van der Waals surface area contributed by atoms with E-state index in [9.17, 15) is 4.79 Å². The van der Waals surface area contributed by atoms with Gasteiger partial charge >= 0.3 is 5.97 Å². The van der Waals surface area contributed by atoms with Crippen LogP contribution in [-0.2, 0) is 0 Å². The predicted molar refractivity (Wildman–Crippen MR) is 78.2 cm³/mol. The summed E-state index contributed by atoms with van der Waals surface area (Å²) >= 11 is 2.19. The molecule has 1 saturated carbocycles. The molecule has 1 N–H and O–H groups in total. The summed E-state index contributed by atoms with van der Waals surface area (Å²) in [6.45, 7) is 0. The van der Waals surface area contributed by atoms with Crippen LogP contribution >= 0.6 is 22.6 Å². The summed E-state index contributed by atoms with van der Waals surface area (Å²) in [7, 11) is 0. The van der Waals surface area contributed by atoms with Gasteiger partial charge in [-0.2, -0.15) is 0 Å². The van der Waals surface area contributed by atoms with Crippen molar-refractivity contribution < 1.29 is 14.6 Å². The van der Waals surface area contributed by atoms with Gasteiger partial charge in [0.05, 0.1) is 15.2 Å². The zero-order chi connectivity index (χ0) is 13.0. The van der Waals surface area contributed by atoms with Crippen LogP contribution in [0.3, 0.4) is 0 Å². The number of ether oxygens (including phenoxy) is 1. The molecule has 1 fully saturated rings. The maximum absolute atomic E-state index is 11.0. The molecule has 0 atom stereocenters. The van der Waals surface area contributed by atoms with Crippen LogP contribution in [0.25, 0.3) is 0 Å². The van der Waals surface area contributed by atoms with Gasteiger partial charge in [-0.15, -0.1) is 0 Å². The van der Waals surface area contributed by atoms with Crippen molar-refractivity contribution in [1.82, 2.24) is 0 Å². The number of aromatic carboxylic acids is 1. The highest BCUT2D eigenvalue weighted by Gasteiger charge is 2.16. The highest BCUT2D eigenvalue weighted by atomic mass is 127. The number of carboxylic acid groups (broad SMARTS) is 1. The molecule has 0 heterocycles. The minimum Gasteiger partial charge on any atom is -0.489 e. The first kappa shape index (κ1) is 13.6. The normalized spacial score (nSPS) is 17.2. The largest absolute Gasteiger partial charge is 0.489 e. The topological polar surface area (TPSA) is 46.5 Å². The molecular weight excluding hydrogens is 343 g/mol. The Labute approximate surface area is 121 Å². The number of benzene rings is 1. The third-order valence-corrected chi connectivity index (χ3v) is 4.17. The van der Waals surface area contributed by atoms with Gasteiger partial charge in [0, 0.05) is 0 Å². The van der Waals surface area contributed by atoms with E-state index in [1.54, 1.807) is 18.2 Å². The van der Waals surface area contributed by atoms with Crippen molar-refractivity contribution in [1.29, 1.82) is 0 Å². The third kappa shape index (κ3) is 3.60. The Balaban J connectivity index is 2.11. The van der Waals surface area contributed by atoms with E-state index in [1.807, 2.05) is 0 Å². The van der Waals surface area contributed by atoms with Gasteiger partial charge in [-0.25, -0.2) is 4.79 Å². The minimum absolute atomic E-state index is 0.241. The van der Waals surface area contributed by atoms with Crippen molar-refractivity contribution >= 4 is 28.6 Å². The van der Waals surface area contributed by atoms with Gasteiger partial charge in [-0.3, -0.25) is 0 Å². The van der Waals surface area contributed by atoms with Crippen LogP contribution in [0.2, 0.25) is 0 Å². The summed E-state index contributed by atoms with van der Waals surface area (Å²) in [5, 5.41) is 8.99. The summed E-state index contributed by atoms with van der Waals surface area (Å²) in [6, 6.07) is 5.05. The number of carboxylic acids is 1. The molecule has 1 aromatic rings. The van der Waals surface area contributed by atoms with E-state index in [4.69, 9.17) is 9.84 Å². The van der Waals surface area contributed by atoms with E-state index in [0.717, 1.165) is 16.4 Å². The fourth-order valence-corrected chi connectivity index (χ4v) is 2.73. The molecule has 0 aromatic heterocycles. The number of hydrogen-bond acceptors (Lipinski definition) is 2. The molecule has 0 unspecified atom stereocenters. The van der Waals surface area contributed by atoms with Crippen molar-refractivity contribution in [3.8, 4) is 5.75 Å². The van der Waals surface area contributed by atoms with Gasteiger partial charge in [0.15, 0.2) is 0 Å². The van der Waals surface area contributed by atoms with Crippen molar-refractivity contribution in [3.63, 3.8) is 0 Å². The highest BCUT2D eigenvalue weighted by Crippen LogP contribution is 2.27. The smallest absolute Gasteiger partial charge is 0.335 e. The van der Waals surface area contributed by atoms with Crippen LogP contribution in [0.5, 0.6) is 5.75 Å². The third-order valence-electron chi connectivity index (χ3n) is 3.27. The molecule has 4 heteroatoms. The maximum atomic E-state index is 11.0. The Morgan fingerprint density at radius 1 is 1.22 bits per heavy atom. The Bertz CT molecular complexity index is 423. The average molecular weight is 360 g/mol. The average Bonchev–Trinajstić information content (AvgIpc) is 2.60. The van der Waals surface area contributed by atoms with E-state index in [0.29, 0.717) is 11.3 Å². The predicted octanol–water partition coefficient (Wildman–Crippen LogP) is 4.09. The van der Waals surface area contributed by atoms with Crippen molar-refractivity contribution in [2.24, 2.45) is 0 Å². The summed E-state index contributed by atoms with van der Waals surface area (Å²) < 4.78 is 6.96. The van der Waals surface area contributed by atoms with Gasteiger partial charge in [-0.05, 0) is 66.5 Å². The lowest BCUT2D eigenvalue weighted by Crippen LogP contribution is -2.16. The molecule has 0 bridgehead atoms. The molecule has 1 aliphatic carbocycles. The molecule has 0 spiro atoms. The number of hydrogen-bond donors (Lipinski definition) is 1. The number of halogens is 1. The van der Waals surface area contributed by atoms with Gasteiger partial charge in [0.2, 0.25) is 0 Å². The molecule has 3 nitrogen and oxygen atoms in total. The van der Waals surface area contributed by atoms with E-state index in [-0.39, 0.29) is 6.10 Å². The molecule has 18 heavy (non-hydrogen) atoms. The molecule has 1 aromatic carbocycles. The summed E-state index contributed by atoms with van der Waals surface area (Å²) in [4.78, 5) is 11.0. The van der Waals surface area contributed by atoms with Crippen LogP contribution < -0.4 is 4.74 Å². The second kappa shape index (κ2) is 6.41. The molecule has 0 aliphatic heterocycles. The second-order valence-electron chi connectivity index (χ2n) is 4.68. The first-order valence-electron chi connectivity index (χ1n) is 6.36. The molecule has 0 radical (unpaired) electrons. The molecule has 0 saturated heterocycles. The maximum Gasteiger partial charge on any atom is 0.335 e. The lowest BCUT2D eigenvalue weighted by atomic mass is 10.1. The quantitative estimate of drug-likeness (QED) is 0.652. The molecular formula is C14H17IO3. The van der Waals surface area contributed by atoms with E-state index >= 15 is 0 Å². The van der Waals surface area contributed by atoms with Gasteiger partial charge in [0.25, 0.3) is 0 Å². The summed E-state index contributed by atoms with van der Waals surface area (Å²) in [6.07, 6.45) is 7.38. The van der Waals surface area contributed by atoms with Crippen molar-refractivity contribution in [2.45, 2.75) is 44.6 Å². The molecule has 2 rings (SSSR count). The number of rotatable bonds is 3. The monoisotopic (exact) mass is 360 g/mol. The van der Waals surface area contributed by atoms with Crippen molar-refractivity contribution in [2.75, 3.05) is 0 Å². The SMILES string of the molecule is O=C(O)c1ccc(I)c(OC2CCCCCC2)c1. The fourth-order valence-electron chi connectivity index (χ4n) is 2.27. The molecule has 98 valence electrons. The number of carbonyl (C=O) groups is 1. The first-order valence-corrected chi connectivity index (χ1v) is 7.44. The van der Waals surface area contributed by atoms with E-state index in [1.165, 1.54) is 25.7 Å². The Hall–Kier alpha value is -0.780. The minimum atomic E-state index is -0.905. The van der Waals surface area contributed by atoms with E-state index in [2.05, 4.69) is 22.6 Å². The Kier molecular flexibility index (Phi) is 4.86. The fraction of sp³-hybridized carbons (Fsp3) is 0.500. The molecule has 0 amide bonds. The van der Waals surface area contributed by atoms with Crippen molar-refractivity contribution in [3.05, 3.63) is 27.3 Å². The van der Waals surface area contributed by atoms with Gasteiger partial charge in [0.1, 0.15) is 5.75 Å². The lowest BCUT2D eigenvalue weighted by molar-refractivity contribution is 0.0695. The van der Waals surface area contributed by atoms with E-state index < -0.39 is 5.97 Å². The second-order valence-corrected chi connectivity index (χ2v) is 5.84. The van der Waals surface area contributed by atoms with Crippen LogP contribution in [0.4, 0.5) is 0 Å². The molecule has 1 aliphatic rings. The van der Waals surface area contributed by atoms with Crippen LogP contribution in [0, 0.1) is 3.57 Å². The van der Waals surface area contributed by atoms with Gasteiger partial charge < -0.3 is 9.84 Å². The zero-order valence-electron chi connectivity index (χ0n) is 10.2. The lowest BCUT2D eigenvalue weighted by Gasteiger charge is -2.18. The Morgan fingerprint density at radius 3 is 2.50 bits per heavy atom. The first-order chi connectivity index (χ1) is 8.66. The summed E-state index contributed by atoms with van der Waals surface area (Å²) in [5.74, 6) is -0.195. The van der Waals surface area contributed by atoms with Gasteiger partial charge in [-0.1, -0.05) is 12.8 Å². The van der Waals surface area contributed by atoms with Crippen LogP contribution in [0.1, 0.15) is 48.9 Å². The van der Waals surface area contributed by atoms with Crippen LogP contribution in [0.15, 0.2) is 18.2 Å². The Morgan fingerprint density at radius 2 is 1.89 bits per heavy atom. The standard InChI is InChI=1S/C14H17IO3/c15-12-8-7-10(14(16)17)9-13(12)18-11-5-3-1-2-4-6-11/h7-9,11H,1-6H2,(H,16,17).